The van der Waals surface area contributed by atoms with Gasteiger partial charge in [-0.1, -0.05) is 70.9 Å². The van der Waals surface area contributed by atoms with Crippen molar-refractivity contribution in [2.75, 3.05) is 44.3 Å². The number of aliphatic hydroxyl groups excluding tert-OH is 3. The van der Waals surface area contributed by atoms with Crippen molar-refractivity contribution in [1.29, 1.82) is 0 Å². The zero-order valence-corrected chi connectivity index (χ0v) is 55.0. The van der Waals surface area contributed by atoms with Gasteiger partial charge in [0.25, 0.3) is 0 Å². The highest BCUT2D eigenvalue weighted by atomic mass is 32.1. The van der Waals surface area contributed by atoms with Gasteiger partial charge in [-0.05, 0) is 89.7 Å². The normalized spacial score (nSPS) is 19.2. The number of nitrogens with two attached hydrogens (primary N) is 2. The van der Waals surface area contributed by atoms with Crippen molar-refractivity contribution >= 4 is 102 Å². The molecule has 0 aliphatic carbocycles. The number of hydrogen-bond acceptors (Lipinski definition) is 20. The third-order valence-corrected chi connectivity index (χ3v) is 16.9. The van der Waals surface area contributed by atoms with Crippen LogP contribution in [0.25, 0.3) is 0 Å². The highest BCUT2D eigenvalue weighted by molar-refractivity contribution is 7.80. The van der Waals surface area contributed by atoms with E-state index in [9.17, 15) is 82.8 Å². The number of amides is 12. The Bertz CT molecular complexity index is 2700. The Morgan fingerprint density at radius 3 is 1.65 bits per heavy atom. The fraction of sp³-hybridized carbons (Fsp3) is 0.678. The number of carbonyl (C=O) groups excluding carboxylic acids is 12. The third-order valence-electron chi connectivity index (χ3n) is 16.2. The van der Waals surface area contributed by atoms with Crippen molar-refractivity contribution in [2.24, 2.45) is 23.3 Å². The molecule has 0 spiro atoms. The van der Waals surface area contributed by atoms with Gasteiger partial charge in [-0.2, -0.15) is 25.3 Å². The van der Waals surface area contributed by atoms with E-state index in [1.165, 1.54) is 23.6 Å². The van der Waals surface area contributed by atoms with Crippen LogP contribution in [0.4, 0.5) is 0 Å². The number of likely N-dealkylation sites (tertiary alicyclic amines) is 2. The second-order valence-electron chi connectivity index (χ2n) is 23.3. The summed E-state index contributed by atoms with van der Waals surface area (Å²) in [4.78, 5) is 179. The summed E-state index contributed by atoms with van der Waals surface area (Å²) in [6.45, 7) is 9.23. The van der Waals surface area contributed by atoms with Crippen LogP contribution in [0, 0.1) is 11.8 Å². The first-order valence-corrected chi connectivity index (χ1v) is 32.3. The van der Waals surface area contributed by atoms with E-state index in [0.29, 0.717) is 37.7 Å². The minimum Gasteiger partial charge on any atom is -0.480 e. The van der Waals surface area contributed by atoms with Crippen molar-refractivity contribution in [1.82, 2.24) is 63.0 Å². The average Bonchev–Trinajstić information content (AvgIpc) is 1.66. The number of aliphatic carboxylic acids is 1. The molecule has 1 aromatic carbocycles. The monoisotopic (exact) mass is 1340 g/mol. The van der Waals surface area contributed by atoms with Crippen LogP contribution in [0.3, 0.4) is 0 Å². The summed E-state index contributed by atoms with van der Waals surface area (Å²) in [5.41, 5.74) is 11.9. The number of thiol groups is 2. The first-order valence-electron chi connectivity index (χ1n) is 31.0. The largest absolute Gasteiger partial charge is 0.480 e. The SMILES string of the molecule is CC[C@H](C)[C@H](NC(=O)[C@@H]1CCCN1C(=O)[C@@H]1CCCN1C(=O)[C@@H](NC(=O)[C@H](CO)NC(=O)[C@H](CCCCN)NC(=O)[C@@H](NC(=O)[C@H](C)NC(=O)[C@@H](NC(=O)CNC(=O)[C@@H](N)CS)[C@@H](C)O)[C@@H](C)O)[C@@H](C)CC)C(=O)N[C@@H](CS)C(=O)N[C@@H](Cc1ccccc1)C(=O)O. The lowest BCUT2D eigenvalue weighted by Crippen LogP contribution is -2.62. The van der Waals surface area contributed by atoms with Crippen molar-refractivity contribution in [2.45, 2.75) is 197 Å². The number of benzene rings is 1. The molecule has 516 valence electrons. The second-order valence-corrected chi connectivity index (χ2v) is 24.0. The highest BCUT2D eigenvalue weighted by Crippen LogP contribution is 2.27. The minimum atomic E-state index is -1.77. The smallest absolute Gasteiger partial charge is 0.326 e. The summed E-state index contributed by atoms with van der Waals surface area (Å²) in [6.07, 6.45) is -0.769. The standard InChI is InChI=1S/C59H96N14O17S2/c1-8-30(3)44(54(84)67-40(29-92)52(82)65-38(59(89)90)25-35-17-11-10-12-18-35)69-53(83)41-20-15-23-72(41)57(87)42-21-16-24-73(42)58(88)45(31(4)9-2)70-51(81)39(27-74)66-50(80)37(19-13-14-22-60)64-56(86)47(34(7)76)71-48(78)32(5)63-55(85)46(33(6)75)68-43(77)26-62-49(79)36(61)28-91/h10-12,17-18,30-34,36-42,44-47,74-76,91-92H,8-9,13-16,19-29,60-61H2,1-7H3,(H,62,79)(H,63,85)(H,64,86)(H,65,82)(H,66,80)(H,67,84)(H,68,77)(H,69,83)(H,70,81)(H,71,78)(H,89,90)/t30-,31-,32-,33+,34+,36-,37-,38-,39-,40-,41-,42-,44-,45-,46-,47-/m0/s1. The maximum Gasteiger partial charge on any atom is 0.326 e. The molecule has 0 radical (unpaired) electrons. The summed E-state index contributed by atoms with van der Waals surface area (Å²) < 4.78 is 0. The van der Waals surface area contributed by atoms with Crippen LogP contribution < -0.4 is 64.6 Å². The molecule has 2 aliphatic heterocycles. The minimum absolute atomic E-state index is 0.0180. The zero-order chi connectivity index (χ0) is 69.1. The third kappa shape index (κ3) is 23.7. The Kier molecular flexibility index (Phi) is 33.9. The lowest BCUT2D eigenvalue weighted by Gasteiger charge is -2.35. The molecule has 1 aromatic rings. The molecule has 2 aliphatic rings. The van der Waals surface area contributed by atoms with Crippen LogP contribution in [0.5, 0.6) is 0 Å². The van der Waals surface area contributed by atoms with Gasteiger partial charge >= 0.3 is 5.97 Å². The molecular formula is C59H96N14O17S2. The maximum atomic E-state index is 14.7. The number of nitrogens with one attached hydrogen (secondary N) is 10. The summed E-state index contributed by atoms with van der Waals surface area (Å²) in [5, 5.41) is 65.9. The summed E-state index contributed by atoms with van der Waals surface area (Å²) in [5.74, 6) is -12.8. The number of carbonyl (C=O) groups is 13. The summed E-state index contributed by atoms with van der Waals surface area (Å²) in [6, 6.07) is -7.77. The van der Waals surface area contributed by atoms with Crippen LogP contribution in [0.15, 0.2) is 30.3 Å². The summed E-state index contributed by atoms with van der Waals surface area (Å²) in [7, 11) is 0. The van der Waals surface area contributed by atoms with E-state index in [1.54, 1.807) is 58.0 Å². The predicted octanol–water partition coefficient (Wildman–Crippen LogP) is -5.04. The van der Waals surface area contributed by atoms with Gasteiger partial charge in [0.1, 0.15) is 66.5 Å². The Hall–Kier alpha value is -7.17. The molecule has 0 bridgehead atoms. The molecular weight excluding hydrogens is 1240 g/mol. The van der Waals surface area contributed by atoms with E-state index in [0.717, 1.165) is 6.92 Å². The lowest BCUT2D eigenvalue weighted by molar-refractivity contribution is -0.149. The van der Waals surface area contributed by atoms with Gasteiger partial charge < -0.3 is 94.9 Å². The van der Waals surface area contributed by atoms with Gasteiger partial charge in [-0.25, -0.2) is 4.79 Å². The van der Waals surface area contributed by atoms with Crippen molar-refractivity contribution in [3.8, 4) is 0 Å². The van der Waals surface area contributed by atoms with Crippen molar-refractivity contribution < 1.29 is 82.8 Å². The first-order chi connectivity index (χ1) is 43.5. The van der Waals surface area contributed by atoms with E-state index in [2.05, 4.69) is 78.4 Å². The Balaban J connectivity index is 1.74. The number of unbranched alkanes of at least 4 members (excludes halogenated alkanes) is 1. The van der Waals surface area contributed by atoms with Crippen LogP contribution in [0.2, 0.25) is 0 Å². The Labute approximate surface area is 546 Å². The molecule has 31 nitrogen and oxygen atoms in total. The molecule has 16 atom stereocenters. The summed E-state index contributed by atoms with van der Waals surface area (Å²) >= 11 is 8.16. The number of aliphatic hydroxyl groups is 3. The molecule has 2 saturated heterocycles. The van der Waals surface area contributed by atoms with Gasteiger partial charge in [0, 0.05) is 31.0 Å². The molecule has 92 heavy (non-hydrogen) atoms. The highest BCUT2D eigenvalue weighted by Gasteiger charge is 2.46. The van der Waals surface area contributed by atoms with Gasteiger partial charge in [-0.15, -0.1) is 0 Å². The van der Waals surface area contributed by atoms with Crippen LogP contribution in [-0.4, -0.2) is 236 Å². The fourth-order valence-electron chi connectivity index (χ4n) is 10.2. The van der Waals surface area contributed by atoms with E-state index in [4.69, 9.17) is 11.5 Å². The quantitative estimate of drug-likeness (QED) is 0.0218. The predicted molar refractivity (Wildman–Crippen MR) is 341 cm³/mol. The molecule has 0 saturated carbocycles. The first kappa shape index (κ1) is 79.1. The topological polar surface area (TPSA) is 482 Å². The van der Waals surface area contributed by atoms with Crippen LogP contribution in [-0.2, 0) is 68.7 Å². The molecule has 0 aromatic heterocycles. The number of hydrogen-bond donors (Lipinski definition) is 18. The maximum absolute atomic E-state index is 14.7. The van der Waals surface area contributed by atoms with Gasteiger partial charge in [-0.3, -0.25) is 57.5 Å². The molecule has 33 heteroatoms. The van der Waals surface area contributed by atoms with Crippen molar-refractivity contribution in [3.05, 3.63) is 35.9 Å². The van der Waals surface area contributed by atoms with Crippen LogP contribution in [0.1, 0.15) is 112 Å². The molecule has 0 unspecified atom stereocenters. The average molecular weight is 1340 g/mol. The Morgan fingerprint density at radius 1 is 0.576 bits per heavy atom. The molecule has 12 amide bonds. The van der Waals surface area contributed by atoms with E-state index in [1.807, 2.05) is 0 Å². The fourth-order valence-corrected chi connectivity index (χ4v) is 10.6. The van der Waals surface area contributed by atoms with Crippen LogP contribution >= 0.6 is 25.3 Å². The zero-order valence-electron chi connectivity index (χ0n) is 53.2. The van der Waals surface area contributed by atoms with E-state index in [-0.39, 0.29) is 63.2 Å². The van der Waals surface area contributed by atoms with E-state index >= 15 is 0 Å². The molecule has 2 fully saturated rings. The number of nitrogens with zero attached hydrogens (tertiary/aromatic N) is 2. The molecule has 18 N–H and O–H groups in total. The molecule has 3 rings (SSSR count). The van der Waals surface area contributed by atoms with Gasteiger partial charge in [0.2, 0.25) is 70.9 Å². The van der Waals surface area contributed by atoms with Crippen molar-refractivity contribution in [3.63, 3.8) is 0 Å². The Morgan fingerprint density at radius 2 is 1.09 bits per heavy atom. The molecule has 2 heterocycles. The van der Waals surface area contributed by atoms with Gasteiger partial charge in [0.15, 0.2) is 0 Å². The van der Waals surface area contributed by atoms with Gasteiger partial charge in [0.05, 0.1) is 31.4 Å². The number of carboxylic acids is 1. The van der Waals surface area contributed by atoms with E-state index < -0.39 is 187 Å². The lowest BCUT2D eigenvalue weighted by atomic mass is 9.96. The second kappa shape index (κ2) is 39.4. The number of carboxylic acid groups (broad SMARTS) is 1. The number of rotatable bonds is 38.